The number of anilines is 1. The van der Waals surface area contributed by atoms with Crippen molar-refractivity contribution in [3.63, 3.8) is 0 Å². The van der Waals surface area contributed by atoms with Gasteiger partial charge in [-0.15, -0.1) is 0 Å². The van der Waals surface area contributed by atoms with Crippen molar-refractivity contribution < 1.29 is 0 Å². The average molecular weight is 298 g/mol. The molecule has 0 N–H and O–H groups in total. The van der Waals surface area contributed by atoms with Crippen LogP contribution >= 0.6 is 0 Å². The molecule has 22 heavy (non-hydrogen) atoms. The molecule has 0 spiro atoms. The second kappa shape index (κ2) is 5.72. The second-order valence-corrected chi connectivity index (χ2v) is 5.39. The smallest absolute Gasteiger partial charge is 0.175 e. The zero-order valence-electron chi connectivity index (χ0n) is 12.3. The molecule has 0 unspecified atom stereocenters. The molecule has 0 aliphatic carbocycles. The molecule has 1 aliphatic heterocycles. The third-order valence-corrected chi connectivity index (χ3v) is 4.07. The third-order valence-electron chi connectivity index (χ3n) is 4.07. The summed E-state index contributed by atoms with van der Waals surface area (Å²) in [6, 6.07) is 1.96. The summed E-state index contributed by atoms with van der Waals surface area (Å²) >= 11 is 0. The van der Waals surface area contributed by atoms with E-state index in [9.17, 15) is 0 Å². The molecule has 4 heterocycles. The lowest BCUT2D eigenvalue weighted by atomic mass is 10.3. The van der Waals surface area contributed by atoms with Gasteiger partial charge in [-0.2, -0.15) is 14.7 Å². The molecule has 0 atom stereocenters. The largest absolute Gasteiger partial charge is 0.353 e. The van der Waals surface area contributed by atoms with Gasteiger partial charge in [0.1, 0.15) is 6.33 Å². The van der Waals surface area contributed by atoms with E-state index in [0.717, 1.165) is 50.7 Å². The van der Waals surface area contributed by atoms with Gasteiger partial charge in [-0.1, -0.05) is 0 Å². The van der Waals surface area contributed by atoms with Crippen LogP contribution in [0.4, 0.5) is 5.82 Å². The lowest BCUT2D eigenvalue weighted by Gasteiger charge is -2.35. The van der Waals surface area contributed by atoms with Crippen LogP contribution in [0, 0.1) is 0 Å². The van der Waals surface area contributed by atoms with Crippen LogP contribution in [-0.4, -0.2) is 67.0 Å². The Morgan fingerprint density at radius 1 is 1.00 bits per heavy atom. The van der Waals surface area contributed by atoms with Crippen molar-refractivity contribution in [1.82, 2.24) is 34.3 Å². The topological polar surface area (TPSA) is 67.4 Å². The van der Waals surface area contributed by atoms with Crippen LogP contribution in [0.25, 0.3) is 5.65 Å². The van der Waals surface area contributed by atoms with Gasteiger partial charge in [0, 0.05) is 45.1 Å². The van der Waals surface area contributed by atoms with Crippen molar-refractivity contribution in [2.45, 2.75) is 6.54 Å². The molecule has 1 saturated heterocycles. The van der Waals surface area contributed by atoms with Crippen LogP contribution in [0.15, 0.2) is 37.2 Å². The molecule has 0 saturated carbocycles. The van der Waals surface area contributed by atoms with E-state index in [1.807, 2.05) is 33.9 Å². The minimum Gasteiger partial charge on any atom is -0.353 e. The van der Waals surface area contributed by atoms with E-state index in [4.69, 9.17) is 0 Å². The Morgan fingerprint density at radius 2 is 1.91 bits per heavy atom. The number of hydrogen-bond donors (Lipinski definition) is 0. The average Bonchev–Trinajstić information content (AvgIpc) is 3.24. The van der Waals surface area contributed by atoms with Crippen LogP contribution in [-0.2, 0) is 6.54 Å². The normalized spacial score (nSPS) is 16.5. The van der Waals surface area contributed by atoms with Crippen molar-refractivity contribution >= 4 is 11.5 Å². The molecule has 0 amide bonds. The third kappa shape index (κ3) is 2.52. The first-order chi connectivity index (χ1) is 10.9. The van der Waals surface area contributed by atoms with Crippen LogP contribution in [0.2, 0.25) is 0 Å². The van der Waals surface area contributed by atoms with Crippen molar-refractivity contribution in [3.05, 3.63) is 37.2 Å². The zero-order chi connectivity index (χ0) is 14.8. The van der Waals surface area contributed by atoms with Crippen molar-refractivity contribution in [2.75, 3.05) is 37.6 Å². The Labute approximate surface area is 128 Å². The summed E-state index contributed by atoms with van der Waals surface area (Å²) in [5.74, 6) is 1.02. The molecule has 0 radical (unpaired) electrons. The molecule has 4 rings (SSSR count). The van der Waals surface area contributed by atoms with Crippen LogP contribution < -0.4 is 4.90 Å². The highest BCUT2D eigenvalue weighted by atomic mass is 15.4. The van der Waals surface area contributed by atoms with Crippen molar-refractivity contribution in [2.24, 2.45) is 0 Å². The second-order valence-electron chi connectivity index (χ2n) is 5.39. The fourth-order valence-corrected chi connectivity index (χ4v) is 2.83. The fourth-order valence-electron chi connectivity index (χ4n) is 2.83. The quantitative estimate of drug-likeness (QED) is 0.683. The van der Waals surface area contributed by atoms with Gasteiger partial charge in [0.15, 0.2) is 11.5 Å². The van der Waals surface area contributed by atoms with Crippen LogP contribution in [0.3, 0.4) is 0 Å². The predicted molar refractivity (Wildman–Crippen MR) is 81.7 cm³/mol. The van der Waals surface area contributed by atoms with E-state index in [2.05, 4.69) is 30.0 Å². The summed E-state index contributed by atoms with van der Waals surface area (Å²) in [5, 5.41) is 8.53. The van der Waals surface area contributed by atoms with E-state index in [1.165, 1.54) is 0 Å². The summed E-state index contributed by atoms with van der Waals surface area (Å²) in [4.78, 5) is 13.2. The number of hydrogen-bond acceptors (Lipinski definition) is 6. The fraction of sp³-hybridized carbons (Fsp3) is 0.429. The van der Waals surface area contributed by atoms with Gasteiger partial charge in [0.05, 0.1) is 18.9 Å². The van der Waals surface area contributed by atoms with Crippen LogP contribution in [0.1, 0.15) is 0 Å². The molecule has 1 fully saturated rings. The summed E-state index contributed by atoms with van der Waals surface area (Å²) in [6.07, 6.45) is 9.00. The molecular weight excluding hydrogens is 280 g/mol. The Balaban J connectivity index is 1.38. The van der Waals surface area contributed by atoms with Gasteiger partial charge in [0.25, 0.3) is 0 Å². The van der Waals surface area contributed by atoms with Crippen LogP contribution in [0.5, 0.6) is 0 Å². The van der Waals surface area contributed by atoms with Gasteiger partial charge < -0.3 is 4.90 Å². The molecule has 8 nitrogen and oxygen atoms in total. The minimum absolute atomic E-state index is 0.790. The van der Waals surface area contributed by atoms with Crippen molar-refractivity contribution in [3.8, 4) is 0 Å². The van der Waals surface area contributed by atoms with Crippen molar-refractivity contribution in [1.29, 1.82) is 0 Å². The highest BCUT2D eigenvalue weighted by molar-refractivity contribution is 5.46. The van der Waals surface area contributed by atoms with E-state index < -0.39 is 0 Å². The Bertz CT molecular complexity index is 726. The molecule has 8 heteroatoms. The number of nitrogens with zero attached hydrogens (tertiary/aromatic N) is 8. The van der Waals surface area contributed by atoms with Gasteiger partial charge in [-0.25, -0.2) is 4.98 Å². The molecule has 0 bridgehead atoms. The van der Waals surface area contributed by atoms with E-state index in [-0.39, 0.29) is 0 Å². The maximum absolute atomic E-state index is 4.28. The van der Waals surface area contributed by atoms with Gasteiger partial charge in [-0.05, 0) is 6.07 Å². The van der Waals surface area contributed by atoms with E-state index in [0.29, 0.717) is 0 Å². The summed E-state index contributed by atoms with van der Waals surface area (Å²) in [7, 11) is 0. The van der Waals surface area contributed by atoms with E-state index >= 15 is 0 Å². The molecule has 114 valence electrons. The first kappa shape index (κ1) is 13.2. The zero-order valence-corrected chi connectivity index (χ0v) is 12.3. The monoisotopic (exact) mass is 298 g/mol. The lowest BCUT2D eigenvalue weighted by molar-refractivity contribution is 0.243. The highest BCUT2D eigenvalue weighted by Crippen LogP contribution is 2.15. The molecule has 1 aliphatic rings. The Hall–Kier alpha value is -2.48. The first-order valence-corrected chi connectivity index (χ1v) is 7.49. The SMILES string of the molecule is c1cnn(CCN2CCN(c3cncc4ncnn34)CC2)c1. The highest BCUT2D eigenvalue weighted by Gasteiger charge is 2.19. The predicted octanol–water partition coefficient (Wildman–Crippen LogP) is 0.143. The number of fused-ring (bicyclic) bond motifs is 1. The Morgan fingerprint density at radius 3 is 2.73 bits per heavy atom. The number of piperazine rings is 1. The van der Waals surface area contributed by atoms with E-state index in [1.54, 1.807) is 12.5 Å². The first-order valence-electron chi connectivity index (χ1n) is 7.49. The Kier molecular flexibility index (Phi) is 3.43. The summed E-state index contributed by atoms with van der Waals surface area (Å²) in [5.41, 5.74) is 0.790. The molecular formula is C14H18N8. The maximum Gasteiger partial charge on any atom is 0.175 e. The lowest BCUT2D eigenvalue weighted by Crippen LogP contribution is -2.47. The standard InChI is InChI=1S/C14H18N8/c1-2-17-21(3-1)9-6-19-4-7-20(8-5-19)14-11-15-10-13-16-12-18-22(13)14/h1-3,10-12H,4-9H2. The van der Waals surface area contributed by atoms with Gasteiger partial charge >= 0.3 is 0 Å². The minimum atomic E-state index is 0.790. The maximum atomic E-state index is 4.28. The summed E-state index contributed by atoms with van der Waals surface area (Å²) < 4.78 is 3.83. The summed E-state index contributed by atoms with van der Waals surface area (Å²) in [6.45, 7) is 5.98. The number of aromatic nitrogens is 6. The molecule has 0 aromatic carbocycles. The van der Waals surface area contributed by atoms with Gasteiger partial charge in [0.2, 0.25) is 0 Å². The molecule has 3 aromatic rings. The number of rotatable bonds is 4. The molecule has 3 aromatic heterocycles. The van der Waals surface area contributed by atoms with Gasteiger partial charge in [-0.3, -0.25) is 14.6 Å².